The van der Waals surface area contributed by atoms with Crippen LogP contribution in [0.2, 0.25) is 0 Å². The summed E-state index contributed by atoms with van der Waals surface area (Å²) in [5.74, 6) is 0.368. The SMILES string of the molecule is CC(c1cc(O)cc(O)c1)N1CCS(=O)(=O)CC1. The Labute approximate surface area is 107 Å². The fraction of sp³-hybridized carbons (Fsp3) is 0.500. The van der Waals surface area contributed by atoms with E-state index >= 15 is 0 Å². The van der Waals surface area contributed by atoms with Gasteiger partial charge in [-0.25, -0.2) is 8.42 Å². The molecule has 0 aliphatic carbocycles. The second kappa shape index (κ2) is 4.78. The zero-order chi connectivity index (χ0) is 13.3. The topological polar surface area (TPSA) is 77.8 Å². The molecule has 1 heterocycles. The van der Waals surface area contributed by atoms with Crippen molar-refractivity contribution >= 4 is 9.84 Å². The van der Waals surface area contributed by atoms with Gasteiger partial charge in [-0.3, -0.25) is 4.90 Å². The Hall–Kier alpha value is -1.27. The van der Waals surface area contributed by atoms with Gasteiger partial charge in [0.15, 0.2) is 9.84 Å². The van der Waals surface area contributed by atoms with Gasteiger partial charge in [0.05, 0.1) is 11.5 Å². The molecule has 5 nitrogen and oxygen atoms in total. The van der Waals surface area contributed by atoms with Gasteiger partial charge < -0.3 is 10.2 Å². The van der Waals surface area contributed by atoms with Crippen LogP contribution in [0.1, 0.15) is 18.5 Å². The fourth-order valence-electron chi connectivity index (χ4n) is 2.18. The van der Waals surface area contributed by atoms with Gasteiger partial charge in [0.25, 0.3) is 0 Å². The van der Waals surface area contributed by atoms with Crippen LogP contribution in [0.5, 0.6) is 11.5 Å². The number of hydrogen-bond donors (Lipinski definition) is 2. The zero-order valence-electron chi connectivity index (χ0n) is 10.2. The maximum absolute atomic E-state index is 11.4. The van der Waals surface area contributed by atoms with E-state index in [0.717, 1.165) is 5.56 Å². The summed E-state index contributed by atoms with van der Waals surface area (Å²) in [6.07, 6.45) is 0. The fourth-order valence-corrected chi connectivity index (χ4v) is 3.41. The molecular formula is C12H17NO4S. The molecule has 1 unspecified atom stereocenters. The Balaban J connectivity index is 2.14. The van der Waals surface area contributed by atoms with Crippen molar-refractivity contribution in [1.82, 2.24) is 4.90 Å². The minimum absolute atomic E-state index is 0.0153. The van der Waals surface area contributed by atoms with Crippen molar-refractivity contribution in [3.05, 3.63) is 23.8 Å². The van der Waals surface area contributed by atoms with E-state index < -0.39 is 9.84 Å². The number of hydrogen-bond acceptors (Lipinski definition) is 5. The summed E-state index contributed by atoms with van der Waals surface area (Å²) in [5, 5.41) is 18.9. The highest BCUT2D eigenvalue weighted by Crippen LogP contribution is 2.28. The van der Waals surface area contributed by atoms with E-state index in [4.69, 9.17) is 0 Å². The van der Waals surface area contributed by atoms with Gasteiger partial charge in [-0.2, -0.15) is 0 Å². The first-order chi connectivity index (χ1) is 8.37. The monoisotopic (exact) mass is 271 g/mol. The molecule has 6 heteroatoms. The van der Waals surface area contributed by atoms with Crippen LogP contribution in [-0.2, 0) is 9.84 Å². The molecule has 1 saturated heterocycles. The molecule has 0 radical (unpaired) electrons. The lowest BCUT2D eigenvalue weighted by Gasteiger charge is -2.32. The van der Waals surface area contributed by atoms with E-state index in [9.17, 15) is 18.6 Å². The maximum atomic E-state index is 11.4. The summed E-state index contributed by atoms with van der Waals surface area (Å²) < 4.78 is 22.7. The summed E-state index contributed by atoms with van der Waals surface area (Å²) in [7, 11) is -2.89. The van der Waals surface area contributed by atoms with Gasteiger partial charge >= 0.3 is 0 Å². The molecule has 1 aromatic rings. The van der Waals surface area contributed by atoms with Crippen molar-refractivity contribution in [3.8, 4) is 11.5 Å². The molecule has 0 spiro atoms. The molecule has 1 aromatic carbocycles. The van der Waals surface area contributed by atoms with Crippen molar-refractivity contribution in [2.45, 2.75) is 13.0 Å². The van der Waals surface area contributed by atoms with E-state index in [1.165, 1.54) is 6.07 Å². The lowest BCUT2D eigenvalue weighted by atomic mass is 10.1. The minimum Gasteiger partial charge on any atom is -0.508 e. The summed E-state index contributed by atoms with van der Waals surface area (Å²) >= 11 is 0. The summed E-state index contributed by atoms with van der Waals surface area (Å²) in [6.45, 7) is 2.91. The molecule has 100 valence electrons. The second-order valence-corrected chi connectivity index (χ2v) is 6.95. The highest BCUT2D eigenvalue weighted by Gasteiger charge is 2.25. The first kappa shape index (κ1) is 13.2. The largest absolute Gasteiger partial charge is 0.508 e. The molecule has 1 atom stereocenters. The molecule has 1 aliphatic heterocycles. The average Bonchev–Trinajstić information content (AvgIpc) is 2.27. The number of sulfone groups is 1. The standard InChI is InChI=1S/C12H17NO4S/c1-9(10-6-11(14)8-12(15)7-10)13-2-4-18(16,17)5-3-13/h6-9,14-15H,2-5H2,1H3. The van der Waals surface area contributed by atoms with E-state index in [0.29, 0.717) is 13.1 Å². The minimum atomic E-state index is -2.89. The van der Waals surface area contributed by atoms with Crippen LogP contribution in [0, 0.1) is 0 Å². The molecule has 0 aromatic heterocycles. The van der Waals surface area contributed by atoms with Crippen molar-refractivity contribution in [2.24, 2.45) is 0 Å². The lowest BCUT2D eigenvalue weighted by Crippen LogP contribution is -2.41. The third kappa shape index (κ3) is 2.94. The van der Waals surface area contributed by atoms with E-state index in [1.54, 1.807) is 12.1 Å². The van der Waals surface area contributed by atoms with E-state index in [2.05, 4.69) is 0 Å². The zero-order valence-corrected chi connectivity index (χ0v) is 11.0. The van der Waals surface area contributed by atoms with Crippen LogP contribution >= 0.6 is 0 Å². The smallest absolute Gasteiger partial charge is 0.152 e. The first-order valence-electron chi connectivity index (χ1n) is 5.85. The van der Waals surface area contributed by atoms with Gasteiger partial charge in [0, 0.05) is 25.2 Å². The number of phenols is 2. The molecule has 1 aliphatic rings. The van der Waals surface area contributed by atoms with Gasteiger partial charge in [0.1, 0.15) is 11.5 Å². The van der Waals surface area contributed by atoms with Gasteiger partial charge in [-0.15, -0.1) is 0 Å². The van der Waals surface area contributed by atoms with Crippen LogP contribution in [0.4, 0.5) is 0 Å². The molecule has 2 rings (SSSR count). The molecule has 0 bridgehead atoms. The Kier molecular flexibility index (Phi) is 3.49. The van der Waals surface area contributed by atoms with Gasteiger partial charge in [-0.1, -0.05) is 0 Å². The first-order valence-corrected chi connectivity index (χ1v) is 7.67. The van der Waals surface area contributed by atoms with E-state index in [-0.39, 0.29) is 29.0 Å². The molecule has 2 N–H and O–H groups in total. The number of benzene rings is 1. The Morgan fingerprint density at radius 1 is 1.11 bits per heavy atom. The molecule has 0 saturated carbocycles. The highest BCUT2D eigenvalue weighted by molar-refractivity contribution is 7.91. The second-order valence-electron chi connectivity index (χ2n) is 4.65. The van der Waals surface area contributed by atoms with Crippen LogP contribution in [-0.4, -0.2) is 48.1 Å². The number of nitrogens with zero attached hydrogens (tertiary/aromatic N) is 1. The number of aromatic hydroxyl groups is 2. The predicted octanol–water partition coefficient (Wildman–Crippen LogP) is 0.889. The normalized spacial score (nSPS) is 21.6. The highest BCUT2D eigenvalue weighted by atomic mass is 32.2. The molecular weight excluding hydrogens is 254 g/mol. The predicted molar refractivity (Wildman–Crippen MR) is 68.4 cm³/mol. The summed E-state index contributed by atoms with van der Waals surface area (Å²) in [4.78, 5) is 2.04. The van der Waals surface area contributed by atoms with Crippen molar-refractivity contribution in [1.29, 1.82) is 0 Å². The Morgan fingerprint density at radius 2 is 1.61 bits per heavy atom. The summed E-state index contributed by atoms with van der Waals surface area (Å²) in [6, 6.07) is 4.43. The van der Waals surface area contributed by atoms with Gasteiger partial charge in [-0.05, 0) is 24.6 Å². The van der Waals surface area contributed by atoms with Crippen molar-refractivity contribution in [2.75, 3.05) is 24.6 Å². The maximum Gasteiger partial charge on any atom is 0.152 e. The van der Waals surface area contributed by atoms with Crippen LogP contribution in [0.3, 0.4) is 0 Å². The average molecular weight is 271 g/mol. The number of phenolic OH excluding ortho intramolecular Hbond substituents is 2. The summed E-state index contributed by atoms with van der Waals surface area (Å²) in [5.41, 5.74) is 0.784. The molecule has 18 heavy (non-hydrogen) atoms. The van der Waals surface area contributed by atoms with Crippen LogP contribution in [0.15, 0.2) is 18.2 Å². The van der Waals surface area contributed by atoms with Crippen LogP contribution < -0.4 is 0 Å². The molecule has 0 amide bonds. The third-order valence-electron chi connectivity index (χ3n) is 3.33. The lowest BCUT2D eigenvalue weighted by molar-refractivity contribution is 0.228. The van der Waals surface area contributed by atoms with Crippen molar-refractivity contribution in [3.63, 3.8) is 0 Å². The van der Waals surface area contributed by atoms with Gasteiger partial charge in [0.2, 0.25) is 0 Å². The quantitative estimate of drug-likeness (QED) is 0.835. The Bertz CT molecular complexity index is 507. The molecule has 1 fully saturated rings. The number of rotatable bonds is 2. The van der Waals surface area contributed by atoms with E-state index in [1.807, 2.05) is 11.8 Å². The van der Waals surface area contributed by atoms with Crippen molar-refractivity contribution < 1.29 is 18.6 Å². The Morgan fingerprint density at radius 3 is 2.11 bits per heavy atom. The van der Waals surface area contributed by atoms with Crippen LogP contribution in [0.25, 0.3) is 0 Å². The third-order valence-corrected chi connectivity index (χ3v) is 4.94.